The Labute approximate surface area is 103 Å². The molecule has 5 nitrogen and oxygen atoms in total. The van der Waals surface area contributed by atoms with Gasteiger partial charge in [-0.25, -0.2) is 0 Å². The van der Waals surface area contributed by atoms with E-state index in [0.29, 0.717) is 5.56 Å². The Balaban J connectivity index is 2.79. The lowest BCUT2D eigenvalue weighted by molar-refractivity contribution is 0.187. The third-order valence-corrected chi connectivity index (χ3v) is 2.70. The second-order valence-electron chi connectivity index (χ2n) is 4.40. The van der Waals surface area contributed by atoms with E-state index in [9.17, 15) is 20.1 Å². The molecule has 0 saturated heterocycles. The van der Waals surface area contributed by atoms with Crippen LogP contribution >= 0.6 is 0 Å². The number of rotatable bonds is 2. The Hall–Kier alpha value is -2.01. The van der Waals surface area contributed by atoms with Crippen LogP contribution < -0.4 is 5.43 Å². The van der Waals surface area contributed by atoms with E-state index < -0.39 is 11.9 Å². The molecule has 0 bridgehead atoms. The van der Waals surface area contributed by atoms with Crippen molar-refractivity contribution >= 4 is 11.0 Å². The number of phenols is 2. The molecular formula is C13H14O5. The Kier molecular flexibility index (Phi) is 3.00. The van der Waals surface area contributed by atoms with Gasteiger partial charge in [0.2, 0.25) is 5.75 Å². The van der Waals surface area contributed by atoms with Crippen molar-refractivity contribution in [3.8, 4) is 11.5 Å². The van der Waals surface area contributed by atoms with Crippen LogP contribution in [-0.2, 0) is 6.42 Å². The molecule has 0 spiro atoms. The van der Waals surface area contributed by atoms with Gasteiger partial charge in [0.15, 0.2) is 16.8 Å². The average Bonchev–Trinajstić information content (AvgIpc) is 2.24. The Morgan fingerprint density at radius 3 is 2.61 bits per heavy atom. The molecule has 18 heavy (non-hydrogen) atoms. The number of benzene rings is 1. The smallest absolute Gasteiger partial charge is 0.201 e. The first-order valence-electron chi connectivity index (χ1n) is 5.56. The van der Waals surface area contributed by atoms with Crippen molar-refractivity contribution in [2.75, 3.05) is 0 Å². The molecule has 0 aliphatic heterocycles. The summed E-state index contributed by atoms with van der Waals surface area (Å²) in [4.78, 5) is 11.9. The average molecular weight is 250 g/mol. The largest absolute Gasteiger partial charge is 0.504 e. The summed E-state index contributed by atoms with van der Waals surface area (Å²) in [6, 6.07) is 2.60. The fraction of sp³-hybridized carbons (Fsp3) is 0.308. The molecule has 5 heteroatoms. The van der Waals surface area contributed by atoms with E-state index in [1.54, 1.807) is 13.8 Å². The summed E-state index contributed by atoms with van der Waals surface area (Å²) in [7, 11) is 0. The van der Waals surface area contributed by atoms with Gasteiger partial charge in [0.25, 0.3) is 0 Å². The summed E-state index contributed by atoms with van der Waals surface area (Å²) in [6.07, 6.45) is -0.495. The molecule has 0 aliphatic rings. The van der Waals surface area contributed by atoms with Crippen molar-refractivity contribution in [2.45, 2.75) is 26.4 Å². The number of aryl methyl sites for hydroxylation is 1. The molecule has 1 heterocycles. The van der Waals surface area contributed by atoms with Crippen molar-refractivity contribution in [3.63, 3.8) is 0 Å². The minimum atomic E-state index is -0.661. The van der Waals surface area contributed by atoms with E-state index in [1.807, 2.05) is 0 Å². The van der Waals surface area contributed by atoms with Gasteiger partial charge in [-0.15, -0.1) is 0 Å². The fourth-order valence-corrected chi connectivity index (χ4v) is 1.94. The van der Waals surface area contributed by atoms with Crippen molar-refractivity contribution in [2.24, 2.45) is 0 Å². The first-order chi connectivity index (χ1) is 8.40. The summed E-state index contributed by atoms with van der Waals surface area (Å²) in [5, 5.41) is 28.7. The zero-order chi connectivity index (χ0) is 13.4. The van der Waals surface area contributed by atoms with Gasteiger partial charge in [0.05, 0.1) is 11.5 Å². The molecule has 0 fully saturated rings. The van der Waals surface area contributed by atoms with Gasteiger partial charge in [-0.2, -0.15) is 0 Å². The maximum atomic E-state index is 11.9. The van der Waals surface area contributed by atoms with Crippen LogP contribution in [0.2, 0.25) is 0 Å². The van der Waals surface area contributed by atoms with Gasteiger partial charge in [0.1, 0.15) is 5.76 Å². The number of fused-ring (bicyclic) bond motifs is 1. The molecule has 0 saturated carbocycles. The minimum Gasteiger partial charge on any atom is -0.504 e. The van der Waals surface area contributed by atoms with E-state index in [0.717, 1.165) is 0 Å². The van der Waals surface area contributed by atoms with Gasteiger partial charge in [-0.3, -0.25) is 4.79 Å². The topological polar surface area (TPSA) is 90.9 Å². The highest BCUT2D eigenvalue weighted by Crippen LogP contribution is 2.34. The van der Waals surface area contributed by atoms with Gasteiger partial charge in [-0.05, 0) is 25.5 Å². The number of phenolic OH excluding ortho intramolecular Hbond substituents is 2. The Bertz CT molecular complexity index is 654. The highest BCUT2D eigenvalue weighted by Gasteiger charge is 2.15. The second-order valence-corrected chi connectivity index (χ2v) is 4.40. The molecule has 0 aliphatic carbocycles. The Morgan fingerprint density at radius 2 is 2.00 bits per heavy atom. The first kappa shape index (κ1) is 12.4. The standard InChI is InChI=1S/C13H14O5/c1-6-3-10(16)12(17)13-11(6)9(15)5-8(18-13)4-7(2)14/h3,5,7,14,16-17H,4H2,1-2H3. The molecule has 1 unspecified atom stereocenters. The molecule has 2 aromatic rings. The molecule has 1 aromatic heterocycles. The van der Waals surface area contributed by atoms with Gasteiger partial charge < -0.3 is 19.7 Å². The van der Waals surface area contributed by atoms with Gasteiger partial charge in [-0.1, -0.05) is 0 Å². The molecule has 0 amide bonds. The summed E-state index contributed by atoms with van der Waals surface area (Å²) < 4.78 is 5.38. The van der Waals surface area contributed by atoms with Crippen LogP contribution in [0.1, 0.15) is 18.2 Å². The van der Waals surface area contributed by atoms with E-state index in [-0.39, 0.29) is 34.3 Å². The lowest BCUT2D eigenvalue weighted by atomic mass is 10.1. The normalized spacial score (nSPS) is 12.8. The SMILES string of the molecule is Cc1cc(O)c(O)c2oc(CC(C)O)cc(=O)c12. The molecule has 1 aromatic carbocycles. The molecular weight excluding hydrogens is 236 g/mol. The summed E-state index contributed by atoms with van der Waals surface area (Å²) >= 11 is 0. The third-order valence-electron chi connectivity index (χ3n) is 2.70. The number of hydrogen-bond donors (Lipinski definition) is 3. The third kappa shape index (κ3) is 2.04. The van der Waals surface area contributed by atoms with Gasteiger partial charge in [0, 0.05) is 12.5 Å². The molecule has 96 valence electrons. The van der Waals surface area contributed by atoms with E-state index in [2.05, 4.69) is 0 Å². The van der Waals surface area contributed by atoms with Crippen molar-refractivity contribution in [3.05, 3.63) is 33.7 Å². The van der Waals surface area contributed by atoms with Crippen LogP contribution in [0.4, 0.5) is 0 Å². The summed E-state index contributed by atoms with van der Waals surface area (Å²) in [5.74, 6) is -0.528. The molecule has 3 N–H and O–H groups in total. The highest BCUT2D eigenvalue weighted by molar-refractivity contribution is 5.87. The van der Waals surface area contributed by atoms with E-state index >= 15 is 0 Å². The van der Waals surface area contributed by atoms with Crippen LogP contribution in [0.25, 0.3) is 11.0 Å². The summed E-state index contributed by atoms with van der Waals surface area (Å²) in [5.41, 5.74) is 0.174. The van der Waals surface area contributed by atoms with Crippen molar-refractivity contribution in [1.29, 1.82) is 0 Å². The summed E-state index contributed by atoms with van der Waals surface area (Å²) in [6.45, 7) is 3.21. The quantitative estimate of drug-likeness (QED) is 0.701. The number of aliphatic hydroxyl groups excluding tert-OH is 1. The number of hydrogen-bond acceptors (Lipinski definition) is 5. The first-order valence-corrected chi connectivity index (χ1v) is 5.56. The monoisotopic (exact) mass is 250 g/mol. The second kappa shape index (κ2) is 4.34. The van der Waals surface area contributed by atoms with E-state index in [4.69, 9.17) is 4.42 Å². The van der Waals surface area contributed by atoms with Gasteiger partial charge >= 0.3 is 0 Å². The van der Waals surface area contributed by atoms with Crippen LogP contribution in [0.15, 0.2) is 21.3 Å². The lowest BCUT2D eigenvalue weighted by Gasteiger charge is -2.08. The van der Waals surface area contributed by atoms with Crippen molar-refractivity contribution < 1.29 is 19.7 Å². The zero-order valence-electron chi connectivity index (χ0n) is 10.1. The van der Waals surface area contributed by atoms with Crippen molar-refractivity contribution in [1.82, 2.24) is 0 Å². The number of aromatic hydroxyl groups is 2. The fourth-order valence-electron chi connectivity index (χ4n) is 1.94. The Morgan fingerprint density at radius 1 is 1.33 bits per heavy atom. The zero-order valence-corrected chi connectivity index (χ0v) is 10.1. The van der Waals surface area contributed by atoms with E-state index in [1.165, 1.54) is 12.1 Å². The molecule has 1 atom stereocenters. The van der Waals surface area contributed by atoms with Crippen LogP contribution in [0.5, 0.6) is 11.5 Å². The molecule has 2 rings (SSSR count). The predicted octanol–water partition coefficient (Wildman–Crippen LogP) is 1.44. The lowest BCUT2D eigenvalue weighted by Crippen LogP contribution is -2.09. The minimum absolute atomic E-state index is 0.0457. The van der Waals surface area contributed by atoms with Crippen LogP contribution in [0, 0.1) is 6.92 Å². The van der Waals surface area contributed by atoms with Crippen LogP contribution in [-0.4, -0.2) is 21.4 Å². The number of aliphatic hydroxyl groups is 1. The maximum absolute atomic E-state index is 11.9. The highest BCUT2D eigenvalue weighted by atomic mass is 16.4. The van der Waals surface area contributed by atoms with Crippen LogP contribution in [0.3, 0.4) is 0 Å². The predicted molar refractivity (Wildman–Crippen MR) is 65.9 cm³/mol. The maximum Gasteiger partial charge on any atom is 0.201 e. The molecule has 0 radical (unpaired) electrons.